The monoisotopic (exact) mass is 384 g/mol. The molecule has 3 rings (SSSR count). The Hall–Kier alpha value is -2.64. The van der Waals surface area contributed by atoms with Crippen molar-refractivity contribution in [1.29, 1.82) is 0 Å². The molecule has 1 fully saturated rings. The number of benzene rings is 2. The Labute approximate surface area is 165 Å². The summed E-state index contributed by atoms with van der Waals surface area (Å²) in [7, 11) is 1.83. The standard InChI is InChI=1S/C21H28N4O3/c1-22-18(16-25(13-14-26)21(27)28)15-23-9-11-24(12-10-23)20-8-4-6-17-5-2-3-7-19(17)20/h2-8,14,18,22H,9-13,15-16H2,1H3,(H,27,28). The molecule has 150 valence electrons. The summed E-state index contributed by atoms with van der Waals surface area (Å²) in [4.78, 5) is 27.9. The van der Waals surface area contributed by atoms with Crippen LogP contribution in [0.3, 0.4) is 0 Å². The topological polar surface area (TPSA) is 76.1 Å². The van der Waals surface area contributed by atoms with E-state index in [1.807, 2.05) is 7.05 Å². The van der Waals surface area contributed by atoms with Gasteiger partial charge in [0.2, 0.25) is 0 Å². The maximum Gasteiger partial charge on any atom is 0.407 e. The van der Waals surface area contributed by atoms with Gasteiger partial charge in [0.1, 0.15) is 6.29 Å². The van der Waals surface area contributed by atoms with Gasteiger partial charge in [0, 0.05) is 56.4 Å². The first-order valence-corrected chi connectivity index (χ1v) is 9.66. The fourth-order valence-electron chi connectivity index (χ4n) is 3.79. The zero-order valence-electron chi connectivity index (χ0n) is 16.3. The fraction of sp³-hybridized carbons (Fsp3) is 0.429. The van der Waals surface area contributed by atoms with Gasteiger partial charge in [-0.2, -0.15) is 0 Å². The molecule has 1 heterocycles. The molecule has 1 amide bonds. The third-order valence-electron chi connectivity index (χ3n) is 5.37. The molecule has 0 saturated carbocycles. The summed E-state index contributed by atoms with van der Waals surface area (Å²) < 4.78 is 0. The number of carbonyl (C=O) groups is 2. The molecular formula is C21H28N4O3. The van der Waals surface area contributed by atoms with E-state index in [1.165, 1.54) is 16.5 Å². The lowest BCUT2D eigenvalue weighted by Crippen LogP contribution is -2.53. The normalized spacial score (nSPS) is 16.1. The summed E-state index contributed by atoms with van der Waals surface area (Å²) in [5.74, 6) is 0. The van der Waals surface area contributed by atoms with Crippen molar-refractivity contribution in [3.63, 3.8) is 0 Å². The first kappa shape index (κ1) is 20.1. The molecule has 28 heavy (non-hydrogen) atoms. The van der Waals surface area contributed by atoms with Gasteiger partial charge in [-0.05, 0) is 18.5 Å². The van der Waals surface area contributed by atoms with Crippen LogP contribution in [0.2, 0.25) is 0 Å². The third kappa shape index (κ3) is 4.79. The number of hydrogen-bond donors (Lipinski definition) is 2. The Morgan fingerprint density at radius 2 is 1.89 bits per heavy atom. The Bertz CT molecular complexity index is 800. The highest BCUT2D eigenvalue weighted by atomic mass is 16.4. The number of amides is 1. The van der Waals surface area contributed by atoms with E-state index >= 15 is 0 Å². The van der Waals surface area contributed by atoms with Crippen LogP contribution in [0.25, 0.3) is 10.8 Å². The van der Waals surface area contributed by atoms with Crippen LogP contribution in [0.4, 0.5) is 10.5 Å². The van der Waals surface area contributed by atoms with E-state index in [2.05, 4.69) is 57.6 Å². The molecule has 2 N–H and O–H groups in total. The summed E-state index contributed by atoms with van der Waals surface area (Å²) in [6.07, 6.45) is -0.433. The van der Waals surface area contributed by atoms with Gasteiger partial charge >= 0.3 is 6.09 Å². The second kappa shape index (κ2) is 9.52. The molecular weight excluding hydrogens is 356 g/mol. The molecule has 2 aromatic carbocycles. The predicted octanol–water partition coefficient (Wildman–Crippen LogP) is 1.73. The van der Waals surface area contributed by atoms with Crippen LogP contribution in [0.5, 0.6) is 0 Å². The van der Waals surface area contributed by atoms with Gasteiger partial charge in [-0.15, -0.1) is 0 Å². The minimum Gasteiger partial charge on any atom is -0.465 e. The summed E-state index contributed by atoms with van der Waals surface area (Å²) in [6, 6.07) is 14.9. The number of carboxylic acid groups (broad SMARTS) is 1. The predicted molar refractivity (Wildman–Crippen MR) is 111 cm³/mol. The molecule has 1 unspecified atom stereocenters. The van der Waals surface area contributed by atoms with Crippen molar-refractivity contribution >= 4 is 28.8 Å². The zero-order chi connectivity index (χ0) is 19.9. The van der Waals surface area contributed by atoms with Gasteiger partial charge in [0.05, 0.1) is 6.54 Å². The Kier molecular flexibility index (Phi) is 6.84. The number of likely N-dealkylation sites (N-methyl/N-ethyl adjacent to an activating group) is 1. The number of piperazine rings is 1. The van der Waals surface area contributed by atoms with Crippen LogP contribution >= 0.6 is 0 Å². The first-order chi connectivity index (χ1) is 13.6. The lowest BCUT2D eigenvalue weighted by Gasteiger charge is -2.38. The minimum atomic E-state index is -1.06. The van der Waals surface area contributed by atoms with Crippen LogP contribution in [0, 0.1) is 0 Å². The number of fused-ring (bicyclic) bond motifs is 1. The van der Waals surface area contributed by atoms with E-state index in [4.69, 9.17) is 0 Å². The quantitative estimate of drug-likeness (QED) is 0.675. The van der Waals surface area contributed by atoms with Crippen molar-refractivity contribution in [2.75, 3.05) is 57.8 Å². The molecule has 0 bridgehead atoms. The molecule has 7 heteroatoms. The van der Waals surface area contributed by atoms with Gasteiger partial charge in [0.25, 0.3) is 0 Å². The van der Waals surface area contributed by atoms with Gasteiger partial charge in [-0.1, -0.05) is 36.4 Å². The van der Waals surface area contributed by atoms with Gasteiger partial charge in [-0.25, -0.2) is 4.79 Å². The smallest absolute Gasteiger partial charge is 0.407 e. The van der Waals surface area contributed by atoms with Gasteiger partial charge < -0.3 is 20.1 Å². The van der Waals surface area contributed by atoms with Crippen LogP contribution in [-0.4, -0.2) is 86.2 Å². The number of hydrogen-bond acceptors (Lipinski definition) is 5. The van der Waals surface area contributed by atoms with Crippen molar-refractivity contribution in [3.05, 3.63) is 42.5 Å². The maximum absolute atomic E-state index is 11.3. The van der Waals surface area contributed by atoms with Crippen LogP contribution < -0.4 is 10.2 Å². The molecule has 0 radical (unpaired) electrons. The highest BCUT2D eigenvalue weighted by Crippen LogP contribution is 2.27. The number of aldehydes is 1. The number of nitrogens with zero attached hydrogens (tertiary/aromatic N) is 3. The molecule has 2 aromatic rings. The lowest BCUT2D eigenvalue weighted by molar-refractivity contribution is -0.108. The van der Waals surface area contributed by atoms with Crippen molar-refractivity contribution in [3.8, 4) is 0 Å². The van der Waals surface area contributed by atoms with E-state index in [9.17, 15) is 14.7 Å². The van der Waals surface area contributed by atoms with Crippen molar-refractivity contribution in [2.45, 2.75) is 6.04 Å². The molecule has 7 nitrogen and oxygen atoms in total. The summed E-state index contributed by atoms with van der Waals surface area (Å²) in [5.41, 5.74) is 1.27. The molecule has 1 saturated heterocycles. The number of carbonyl (C=O) groups excluding carboxylic acids is 1. The number of anilines is 1. The van der Waals surface area contributed by atoms with E-state index in [0.29, 0.717) is 12.8 Å². The molecule has 1 aliphatic rings. The zero-order valence-corrected chi connectivity index (χ0v) is 16.3. The largest absolute Gasteiger partial charge is 0.465 e. The van der Waals surface area contributed by atoms with E-state index < -0.39 is 6.09 Å². The average molecular weight is 384 g/mol. The van der Waals surface area contributed by atoms with Crippen molar-refractivity contribution in [2.24, 2.45) is 0 Å². The highest BCUT2D eigenvalue weighted by Gasteiger charge is 2.23. The van der Waals surface area contributed by atoms with E-state index in [-0.39, 0.29) is 12.6 Å². The number of nitrogens with one attached hydrogen (secondary N) is 1. The maximum atomic E-state index is 11.3. The first-order valence-electron chi connectivity index (χ1n) is 9.66. The molecule has 1 aliphatic heterocycles. The average Bonchev–Trinajstić information content (AvgIpc) is 2.72. The van der Waals surface area contributed by atoms with Crippen LogP contribution in [-0.2, 0) is 4.79 Å². The molecule has 1 atom stereocenters. The lowest BCUT2D eigenvalue weighted by atomic mass is 10.1. The SMILES string of the molecule is CNC(CN1CCN(c2cccc3ccccc23)CC1)CN(CC=O)C(=O)O. The Morgan fingerprint density at radius 1 is 1.18 bits per heavy atom. The van der Waals surface area contributed by atoms with E-state index in [0.717, 1.165) is 37.6 Å². The molecule has 0 aliphatic carbocycles. The molecule has 0 aromatic heterocycles. The summed E-state index contributed by atoms with van der Waals surface area (Å²) in [5, 5.41) is 14.9. The Balaban J connectivity index is 1.58. The van der Waals surface area contributed by atoms with Gasteiger partial charge in [0.15, 0.2) is 0 Å². The third-order valence-corrected chi connectivity index (χ3v) is 5.37. The van der Waals surface area contributed by atoms with Crippen LogP contribution in [0.1, 0.15) is 0 Å². The Morgan fingerprint density at radius 3 is 2.57 bits per heavy atom. The minimum absolute atomic E-state index is 0.0137. The van der Waals surface area contributed by atoms with E-state index in [1.54, 1.807) is 0 Å². The highest BCUT2D eigenvalue weighted by molar-refractivity contribution is 5.94. The van der Waals surface area contributed by atoms with Crippen molar-refractivity contribution in [1.82, 2.24) is 15.1 Å². The second-order valence-electron chi connectivity index (χ2n) is 7.13. The van der Waals surface area contributed by atoms with Crippen molar-refractivity contribution < 1.29 is 14.7 Å². The van der Waals surface area contributed by atoms with Gasteiger partial charge in [-0.3, -0.25) is 9.80 Å². The van der Waals surface area contributed by atoms with Crippen LogP contribution in [0.15, 0.2) is 42.5 Å². The fourth-order valence-corrected chi connectivity index (χ4v) is 3.79. The second-order valence-corrected chi connectivity index (χ2v) is 7.13. The summed E-state index contributed by atoms with van der Waals surface area (Å²) >= 11 is 0. The summed E-state index contributed by atoms with van der Waals surface area (Å²) in [6.45, 7) is 4.66. The molecule has 0 spiro atoms. The number of rotatable bonds is 8.